The van der Waals surface area contributed by atoms with Crippen molar-refractivity contribution in [2.24, 2.45) is 0 Å². The Bertz CT molecular complexity index is 1300. The predicted molar refractivity (Wildman–Crippen MR) is 125 cm³/mol. The average molecular weight is 438 g/mol. The third kappa shape index (κ3) is 5.51. The van der Waals surface area contributed by atoms with Crippen LogP contribution in [0.15, 0.2) is 84.9 Å². The number of nitrogens with zero attached hydrogens (tertiary/aromatic N) is 4. The predicted octanol–water partition coefficient (Wildman–Crippen LogP) is 4.69. The summed E-state index contributed by atoms with van der Waals surface area (Å²) in [5.41, 5.74) is 4.43. The number of aryl methyl sites for hydroxylation is 2. The van der Waals surface area contributed by atoms with E-state index in [0.29, 0.717) is 19.0 Å². The minimum absolute atomic E-state index is 0.317. The van der Waals surface area contributed by atoms with Crippen molar-refractivity contribution in [2.75, 3.05) is 0 Å². The van der Waals surface area contributed by atoms with Crippen LogP contribution >= 0.6 is 0 Å². The van der Waals surface area contributed by atoms with Crippen LogP contribution in [0.3, 0.4) is 0 Å². The van der Waals surface area contributed by atoms with E-state index in [9.17, 15) is 0 Å². The van der Waals surface area contributed by atoms with Gasteiger partial charge in [-0.2, -0.15) is 0 Å². The second-order valence-electron chi connectivity index (χ2n) is 7.71. The Morgan fingerprint density at radius 2 is 1.33 bits per heavy atom. The molecular formula is C26H23N5O2. The van der Waals surface area contributed by atoms with Gasteiger partial charge in [0.1, 0.15) is 24.7 Å². The molecule has 7 heteroatoms. The first-order valence-electron chi connectivity index (χ1n) is 10.8. The summed E-state index contributed by atoms with van der Waals surface area (Å²) in [6.07, 6.45) is 1.91. The number of aromatic nitrogens is 5. The fourth-order valence-corrected chi connectivity index (χ4v) is 3.53. The maximum Gasteiger partial charge on any atom is 0.186 e. The zero-order valence-corrected chi connectivity index (χ0v) is 18.0. The van der Waals surface area contributed by atoms with Gasteiger partial charge in [0.05, 0.1) is 11.2 Å². The van der Waals surface area contributed by atoms with Gasteiger partial charge in [0.25, 0.3) is 0 Å². The molecule has 164 valence electrons. The van der Waals surface area contributed by atoms with Crippen LogP contribution in [-0.2, 0) is 26.1 Å². The van der Waals surface area contributed by atoms with Gasteiger partial charge in [-0.15, -0.1) is 5.10 Å². The molecule has 3 aromatic carbocycles. The Hall–Kier alpha value is -4.26. The van der Waals surface area contributed by atoms with Crippen LogP contribution in [0.1, 0.15) is 22.6 Å². The first-order valence-corrected chi connectivity index (χ1v) is 10.8. The molecule has 0 aliphatic carbocycles. The highest BCUT2D eigenvalue weighted by molar-refractivity contribution is 5.78. The lowest BCUT2D eigenvalue weighted by Gasteiger charge is -2.08. The average Bonchev–Trinajstić information content (AvgIpc) is 3.40. The van der Waals surface area contributed by atoms with Gasteiger partial charge in [-0.25, -0.2) is 10.1 Å². The lowest BCUT2D eigenvalue weighted by atomic mass is 10.0. The maximum atomic E-state index is 5.93. The molecule has 0 saturated heterocycles. The molecule has 0 amide bonds. The van der Waals surface area contributed by atoms with Crippen LogP contribution in [0.4, 0.5) is 0 Å². The number of benzene rings is 3. The lowest BCUT2D eigenvalue weighted by molar-refractivity contribution is 0.296. The summed E-state index contributed by atoms with van der Waals surface area (Å²) in [4.78, 5) is 4.66. The monoisotopic (exact) mass is 437 g/mol. The van der Waals surface area contributed by atoms with Crippen molar-refractivity contribution in [3.8, 4) is 11.5 Å². The third-order valence-electron chi connectivity index (χ3n) is 5.36. The maximum absolute atomic E-state index is 5.93. The molecule has 2 aromatic heterocycles. The Morgan fingerprint density at radius 3 is 2.00 bits per heavy atom. The first-order chi connectivity index (χ1) is 16.3. The summed E-state index contributed by atoms with van der Waals surface area (Å²) in [5.74, 6) is 2.23. The number of fused-ring (bicyclic) bond motifs is 1. The van der Waals surface area contributed by atoms with Crippen molar-refractivity contribution in [1.29, 1.82) is 0 Å². The Balaban J connectivity index is 1.10. The quantitative estimate of drug-likeness (QED) is 0.360. The van der Waals surface area contributed by atoms with E-state index >= 15 is 0 Å². The molecule has 1 N–H and O–H groups in total. The molecule has 7 nitrogen and oxygen atoms in total. The molecule has 0 bridgehead atoms. The molecule has 0 atom stereocenters. The second-order valence-corrected chi connectivity index (χ2v) is 7.71. The van der Waals surface area contributed by atoms with E-state index in [-0.39, 0.29) is 0 Å². The Morgan fingerprint density at radius 1 is 0.667 bits per heavy atom. The largest absolute Gasteiger partial charge is 0.487 e. The first kappa shape index (κ1) is 20.6. The lowest BCUT2D eigenvalue weighted by Crippen LogP contribution is -1.99. The number of rotatable bonds is 9. The highest BCUT2D eigenvalue weighted by atomic mass is 16.5. The molecule has 0 saturated carbocycles. The summed E-state index contributed by atoms with van der Waals surface area (Å²) < 4.78 is 11.6. The number of nitrogens with one attached hydrogen (secondary N) is 1. The second kappa shape index (κ2) is 9.91. The van der Waals surface area contributed by atoms with Crippen LogP contribution in [-0.4, -0.2) is 25.6 Å². The van der Waals surface area contributed by atoms with Gasteiger partial charge < -0.3 is 9.47 Å². The molecule has 2 heterocycles. The molecule has 0 aliphatic rings. The van der Waals surface area contributed by atoms with Crippen molar-refractivity contribution in [3.63, 3.8) is 0 Å². The Labute approximate surface area is 191 Å². The molecule has 33 heavy (non-hydrogen) atoms. The zero-order valence-electron chi connectivity index (χ0n) is 18.0. The molecule has 0 unspecified atom stereocenters. The molecule has 0 spiro atoms. The molecule has 0 radical (unpaired) electrons. The molecule has 0 fully saturated rings. The summed E-state index contributed by atoms with van der Waals surface area (Å²) in [6, 6.07) is 28.6. The highest BCUT2D eigenvalue weighted by Crippen LogP contribution is 2.18. The summed E-state index contributed by atoms with van der Waals surface area (Å²) in [6.45, 7) is 0.767. The standard InChI is InChI=1S/C26H23N5O2/c1-2-4-25-21(3-1)11-12-22(27-25)17-32-23-13-7-19(8-14-23)5-6-20-9-15-24(16-10-20)33-18-26-28-30-31-29-26/h1-4,7-16H,5-6,17-18H2,(H,28,29,30,31). The van der Waals surface area contributed by atoms with E-state index in [1.54, 1.807) is 0 Å². The number of tetrazole rings is 1. The van der Waals surface area contributed by atoms with Crippen LogP contribution < -0.4 is 9.47 Å². The number of hydrogen-bond donors (Lipinski definition) is 1. The number of hydrogen-bond acceptors (Lipinski definition) is 6. The third-order valence-corrected chi connectivity index (χ3v) is 5.36. The van der Waals surface area contributed by atoms with E-state index in [4.69, 9.17) is 9.47 Å². The van der Waals surface area contributed by atoms with Gasteiger partial charge >= 0.3 is 0 Å². The highest BCUT2D eigenvalue weighted by Gasteiger charge is 2.03. The van der Waals surface area contributed by atoms with E-state index in [1.807, 2.05) is 48.5 Å². The van der Waals surface area contributed by atoms with E-state index in [0.717, 1.165) is 40.9 Å². The van der Waals surface area contributed by atoms with Crippen LogP contribution in [0.5, 0.6) is 11.5 Å². The van der Waals surface area contributed by atoms with Crippen molar-refractivity contribution < 1.29 is 9.47 Å². The van der Waals surface area contributed by atoms with Crippen LogP contribution in [0.2, 0.25) is 0 Å². The molecule has 0 aliphatic heterocycles. The van der Waals surface area contributed by atoms with Crippen molar-refractivity contribution in [1.82, 2.24) is 25.6 Å². The van der Waals surface area contributed by atoms with Crippen LogP contribution in [0, 0.1) is 0 Å². The van der Waals surface area contributed by atoms with E-state index in [1.165, 1.54) is 11.1 Å². The number of aromatic amines is 1. The van der Waals surface area contributed by atoms with E-state index in [2.05, 4.69) is 62.0 Å². The fourth-order valence-electron chi connectivity index (χ4n) is 3.53. The minimum atomic E-state index is 0.317. The summed E-state index contributed by atoms with van der Waals surface area (Å²) >= 11 is 0. The topological polar surface area (TPSA) is 85.8 Å². The minimum Gasteiger partial charge on any atom is -0.487 e. The van der Waals surface area contributed by atoms with Crippen molar-refractivity contribution in [2.45, 2.75) is 26.1 Å². The number of H-pyrrole nitrogens is 1. The Kier molecular flexibility index (Phi) is 6.20. The fraction of sp³-hybridized carbons (Fsp3) is 0.154. The van der Waals surface area contributed by atoms with Gasteiger partial charge in [0.2, 0.25) is 0 Å². The smallest absolute Gasteiger partial charge is 0.186 e. The van der Waals surface area contributed by atoms with Crippen molar-refractivity contribution in [3.05, 3.63) is 108 Å². The number of ether oxygens (including phenoxy) is 2. The molecule has 5 aromatic rings. The number of pyridine rings is 1. The van der Waals surface area contributed by atoms with E-state index < -0.39 is 0 Å². The number of para-hydroxylation sites is 1. The molecular weight excluding hydrogens is 414 g/mol. The summed E-state index contributed by atoms with van der Waals surface area (Å²) in [5, 5.41) is 14.7. The normalized spacial score (nSPS) is 10.9. The molecule has 5 rings (SSSR count). The van der Waals surface area contributed by atoms with Gasteiger partial charge in [0, 0.05) is 5.39 Å². The van der Waals surface area contributed by atoms with Gasteiger partial charge in [0.15, 0.2) is 5.82 Å². The van der Waals surface area contributed by atoms with Gasteiger partial charge in [-0.05, 0) is 70.8 Å². The van der Waals surface area contributed by atoms with Crippen molar-refractivity contribution >= 4 is 10.9 Å². The van der Waals surface area contributed by atoms with Gasteiger partial charge in [-0.3, -0.25) is 0 Å². The van der Waals surface area contributed by atoms with Gasteiger partial charge in [-0.1, -0.05) is 48.5 Å². The van der Waals surface area contributed by atoms with Crippen LogP contribution in [0.25, 0.3) is 10.9 Å². The zero-order chi connectivity index (χ0) is 22.3. The SMILES string of the molecule is c1ccc2nc(COc3ccc(CCc4ccc(OCc5nnn[nH]5)cc4)cc3)ccc2c1. The summed E-state index contributed by atoms with van der Waals surface area (Å²) in [7, 11) is 0.